The van der Waals surface area contributed by atoms with E-state index in [1.807, 2.05) is 102 Å². The van der Waals surface area contributed by atoms with Crippen LogP contribution >= 0.6 is 0 Å². The summed E-state index contributed by atoms with van der Waals surface area (Å²) in [6.45, 7) is 4.40. The van der Waals surface area contributed by atoms with Crippen molar-refractivity contribution in [2.75, 3.05) is 32.1 Å². The van der Waals surface area contributed by atoms with Crippen molar-refractivity contribution in [3.8, 4) is 0 Å². The Morgan fingerprint density at radius 3 is 2.39 bits per heavy atom. The summed E-state index contributed by atoms with van der Waals surface area (Å²) < 4.78 is 20.3. The van der Waals surface area contributed by atoms with Gasteiger partial charge in [-0.3, -0.25) is 4.57 Å². The van der Waals surface area contributed by atoms with Crippen LogP contribution in [-0.2, 0) is 32.0 Å². The van der Waals surface area contributed by atoms with Gasteiger partial charge in [0.1, 0.15) is 6.04 Å². The van der Waals surface area contributed by atoms with Crippen LogP contribution in [0.15, 0.2) is 108 Å². The summed E-state index contributed by atoms with van der Waals surface area (Å²) >= 11 is 0. The highest BCUT2D eigenvalue weighted by Gasteiger charge is 2.40. The van der Waals surface area contributed by atoms with E-state index in [0.717, 1.165) is 59.2 Å². The average molecular weight is 734 g/mol. The molecule has 0 bridgehead atoms. The zero-order chi connectivity index (χ0) is 37.6. The number of carbonyl (C=O) groups excluding carboxylic acids is 2. The van der Waals surface area contributed by atoms with Crippen LogP contribution in [0, 0.1) is 5.92 Å². The number of urea groups is 1. The smallest absolute Gasteiger partial charge is 0.328 e. The molecule has 0 radical (unpaired) electrons. The van der Waals surface area contributed by atoms with Gasteiger partial charge in [-0.1, -0.05) is 85.8 Å². The van der Waals surface area contributed by atoms with E-state index in [0.29, 0.717) is 12.2 Å². The molecule has 2 saturated heterocycles. The fraction of sp³-hybridized carbons (Fsp3) is 0.357. The molecule has 4 aromatic carbocycles. The van der Waals surface area contributed by atoms with Crippen LogP contribution in [0.1, 0.15) is 60.5 Å². The molecule has 2 aliphatic rings. The summed E-state index contributed by atoms with van der Waals surface area (Å²) in [5, 5.41) is 15.3. The van der Waals surface area contributed by atoms with Crippen molar-refractivity contribution < 1.29 is 28.9 Å². The number of H-pyrrole nitrogens is 1. The minimum absolute atomic E-state index is 0.0119. The molecule has 3 heterocycles. The Labute approximate surface area is 314 Å². The fourth-order valence-corrected chi connectivity index (χ4v) is 7.65. The van der Waals surface area contributed by atoms with Crippen molar-refractivity contribution in [2.24, 2.45) is 5.92 Å². The number of likely N-dealkylation sites (tertiary alicyclic amines) is 1. The maximum absolute atomic E-state index is 13.2. The van der Waals surface area contributed by atoms with Crippen LogP contribution in [0.3, 0.4) is 0 Å². The second kappa shape index (κ2) is 16.8. The van der Waals surface area contributed by atoms with Gasteiger partial charge >= 0.3 is 17.7 Å². The normalized spacial score (nSPS) is 21.4. The van der Waals surface area contributed by atoms with Gasteiger partial charge in [0.2, 0.25) is 0 Å². The third-order valence-corrected chi connectivity index (χ3v) is 10.6. The van der Waals surface area contributed by atoms with E-state index < -0.39 is 24.3 Å². The van der Waals surface area contributed by atoms with E-state index in [4.69, 9.17) is 14.2 Å². The maximum Gasteiger partial charge on any atom is 0.328 e. The number of amides is 2. The molecule has 0 saturated carbocycles. The Bertz CT molecular complexity index is 2090. The highest BCUT2D eigenvalue weighted by atomic mass is 16.7. The zero-order valence-corrected chi connectivity index (χ0v) is 30.5. The first-order chi connectivity index (χ1) is 26.3. The van der Waals surface area contributed by atoms with Gasteiger partial charge in [-0.05, 0) is 53.8 Å². The summed E-state index contributed by atoms with van der Waals surface area (Å²) in [4.78, 5) is 44.0. The molecule has 2 fully saturated rings. The third-order valence-electron chi connectivity index (χ3n) is 10.6. The van der Waals surface area contributed by atoms with Crippen LogP contribution in [0.5, 0.6) is 0 Å². The van der Waals surface area contributed by atoms with E-state index >= 15 is 0 Å². The number of aromatic nitrogens is 2. The van der Waals surface area contributed by atoms with Crippen molar-refractivity contribution >= 4 is 28.7 Å². The number of aliphatic hydroxyl groups is 1. The van der Waals surface area contributed by atoms with Gasteiger partial charge < -0.3 is 39.8 Å². The molecular formula is C42H47N5O7. The highest BCUT2D eigenvalue weighted by Crippen LogP contribution is 2.42. The molecule has 12 heteroatoms. The number of aliphatic hydroxyl groups excluding tert-OH is 1. The molecule has 5 atom stereocenters. The lowest BCUT2D eigenvalue weighted by Crippen LogP contribution is -2.47. The summed E-state index contributed by atoms with van der Waals surface area (Å²) in [7, 11) is 1.30. The number of nitrogens with one attached hydrogen (secondary N) is 3. The zero-order valence-electron chi connectivity index (χ0n) is 30.5. The number of benzene rings is 4. The van der Waals surface area contributed by atoms with Crippen molar-refractivity contribution in [2.45, 2.75) is 63.4 Å². The molecule has 54 heavy (non-hydrogen) atoms. The van der Waals surface area contributed by atoms with E-state index in [9.17, 15) is 19.5 Å². The second-order valence-corrected chi connectivity index (χ2v) is 14.2. The average Bonchev–Trinajstić information content (AvgIpc) is 3.54. The lowest BCUT2D eigenvalue weighted by atomic mass is 9.89. The van der Waals surface area contributed by atoms with Crippen molar-refractivity contribution in [3.05, 3.63) is 136 Å². The lowest BCUT2D eigenvalue weighted by molar-refractivity contribution is -0.276. The number of para-hydroxylation sites is 2. The Balaban J connectivity index is 1.06. The number of fused-ring (bicyclic) bond motifs is 1. The van der Waals surface area contributed by atoms with E-state index in [1.54, 1.807) is 6.07 Å². The number of ether oxygens (including phenoxy) is 3. The number of aromatic amines is 1. The lowest BCUT2D eigenvalue weighted by Gasteiger charge is -2.44. The van der Waals surface area contributed by atoms with Gasteiger partial charge in [-0.2, -0.15) is 0 Å². The van der Waals surface area contributed by atoms with Crippen LogP contribution in [0.25, 0.3) is 11.0 Å². The Hall–Kier alpha value is -5.27. The molecule has 0 unspecified atom stereocenters. The molecule has 7 rings (SSSR count). The number of imidazole rings is 1. The molecule has 4 N–H and O–H groups in total. The monoisotopic (exact) mass is 733 g/mol. The fourth-order valence-electron chi connectivity index (χ4n) is 7.65. The van der Waals surface area contributed by atoms with Gasteiger partial charge in [0, 0.05) is 49.3 Å². The maximum atomic E-state index is 13.2. The first-order valence-corrected chi connectivity index (χ1v) is 18.5. The van der Waals surface area contributed by atoms with Crippen molar-refractivity contribution in [3.63, 3.8) is 0 Å². The van der Waals surface area contributed by atoms with E-state index in [2.05, 4.69) is 27.4 Å². The molecule has 5 aromatic rings. The summed E-state index contributed by atoms with van der Waals surface area (Å²) in [5.74, 6) is -0.553. The van der Waals surface area contributed by atoms with Gasteiger partial charge in [0.25, 0.3) is 0 Å². The minimum atomic E-state index is -0.876. The first kappa shape index (κ1) is 37.1. The Morgan fingerprint density at radius 1 is 0.907 bits per heavy atom. The molecule has 1 aromatic heterocycles. The minimum Gasteiger partial charge on any atom is -0.467 e. The Kier molecular flexibility index (Phi) is 11.5. The number of piperidine rings is 1. The van der Waals surface area contributed by atoms with Crippen molar-refractivity contribution in [1.82, 2.24) is 19.8 Å². The van der Waals surface area contributed by atoms with Gasteiger partial charge in [-0.25, -0.2) is 14.4 Å². The SMILES string of the molecule is COC(=O)[C@H](Cc1ccccc1)NC(=O)Nc1cccc([C@H]2O[C@@H](CN3CCC(n4c(=O)[nH]c5ccccc54)CC3)[C@@H](C)[C@@H](c3ccc(CO)cc3)O2)c1. The number of esters is 1. The number of methoxy groups -OCH3 is 1. The summed E-state index contributed by atoms with van der Waals surface area (Å²) in [6, 6.07) is 31.1. The predicted molar refractivity (Wildman–Crippen MR) is 205 cm³/mol. The van der Waals surface area contributed by atoms with Crippen LogP contribution in [0.2, 0.25) is 0 Å². The van der Waals surface area contributed by atoms with Crippen LogP contribution in [-0.4, -0.2) is 70.4 Å². The number of nitrogens with zero attached hydrogens (tertiary/aromatic N) is 2. The Morgan fingerprint density at radius 2 is 1.65 bits per heavy atom. The molecular weight excluding hydrogens is 686 g/mol. The molecule has 0 aliphatic carbocycles. The van der Waals surface area contributed by atoms with Gasteiger partial charge in [0.15, 0.2) is 6.29 Å². The van der Waals surface area contributed by atoms with Crippen molar-refractivity contribution in [1.29, 1.82) is 0 Å². The standard InChI is InChI=1S/C42H47N5O7/c1-27-37(25-46-21-19-33(20-22-46)47-36-14-7-6-13-34(36)45-42(47)51)53-40(54-38(27)30-17-15-29(26-48)16-18-30)31-11-8-12-32(24-31)43-41(50)44-35(39(49)52-2)23-28-9-4-3-5-10-28/h3-18,24,27,33,35,37-38,40,48H,19-23,25-26H2,1-2H3,(H,45,51)(H2,43,44,50)/t27-,35+,37+,38+,40+/m1/s1. The molecule has 2 amide bonds. The third kappa shape index (κ3) is 8.42. The number of hydrogen-bond acceptors (Lipinski definition) is 8. The molecule has 2 aliphatic heterocycles. The number of rotatable bonds is 11. The van der Waals surface area contributed by atoms with E-state index in [1.165, 1.54) is 7.11 Å². The number of anilines is 1. The molecule has 282 valence electrons. The predicted octanol–water partition coefficient (Wildman–Crippen LogP) is 5.86. The highest BCUT2D eigenvalue weighted by molar-refractivity contribution is 5.92. The molecule has 0 spiro atoms. The van der Waals surface area contributed by atoms with Gasteiger partial charge in [-0.15, -0.1) is 0 Å². The summed E-state index contributed by atoms with van der Waals surface area (Å²) in [6.07, 6.45) is 0.728. The quantitative estimate of drug-likeness (QED) is 0.124. The van der Waals surface area contributed by atoms with Crippen LogP contribution < -0.4 is 16.3 Å². The van der Waals surface area contributed by atoms with Crippen LogP contribution in [0.4, 0.5) is 10.5 Å². The largest absolute Gasteiger partial charge is 0.467 e. The number of carbonyl (C=O) groups is 2. The first-order valence-electron chi connectivity index (χ1n) is 18.5. The second-order valence-electron chi connectivity index (χ2n) is 14.2. The summed E-state index contributed by atoms with van der Waals surface area (Å²) in [5.41, 5.74) is 5.65. The van der Waals surface area contributed by atoms with Gasteiger partial charge in [0.05, 0.1) is 37.0 Å². The van der Waals surface area contributed by atoms with E-state index in [-0.39, 0.29) is 42.9 Å². The molecule has 12 nitrogen and oxygen atoms in total. The topological polar surface area (TPSA) is 147 Å². The number of hydrogen-bond donors (Lipinski definition) is 4.